The molecule has 1 atom stereocenters. The molecule has 0 amide bonds. The summed E-state index contributed by atoms with van der Waals surface area (Å²) in [5, 5.41) is 27.4. The summed E-state index contributed by atoms with van der Waals surface area (Å²) in [6.07, 6.45) is 0.659. The maximum absolute atomic E-state index is 10.3. The monoisotopic (exact) mass is 197 g/mol. The lowest BCUT2D eigenvalue weighted by Gasteiger charge is -2.08. The fourth-order valence-corrected chi connectivity index (χ4v) is 1.07. The first kappa shape index (κ1) is 10.3. The number of nitrogens with two attached hydrogens (primary N) is 1. The second-order valence-electron chi connectivity index (χ2n) is 2.97. The number of phenols is 3. The number of hydrogen-bond acceptors (Lipinski definition) is 5. The lowest BCUT2D eigenvalue weighted by molar-refractivity contribution is -0.108. The predicted octanol–water partition coefficient (Wildman–Crippen LogP) is -0.128. The number of aromatic hydroxyl groups is 3. The van der Waals surface area contributed by atoms with Crippen molar-refractivity contribution < 1.29 is 20.1 Å². The van der Waals surface area contributed by atoms with Crippen molar-refractivity contribution in [3.05, 3.63) is 17.7 Å². The van der Waals surface area contributed by atoms with Gasteiger partial charge in [0, 0.05) is 6.07 Å². The van der Waals surface area contributed by atoms with E-state index in [4.69, 9.17) is 15.9 Å². The summed E-state index contributed by atoms with van der Waals surface area (Å²) < 4.78 is 0. The number of phenolic OH excluding ortho intramolecular Hbond substituents is 3. The fraction of sp³-hybridized carbons (Fsp3) is 0.222. The highest BCUT2D eigenvalue weighted by atomic mass is 16.3. The van der Waals surface area contributed by atoms with Crippen LogP contribution in [0.3, 0.4) is 0 Å². The average molecular weight is 197 g/mol. The molecule has 1 rings (SSSR count). The van der Waals surface area contributed by atoms with E-state index in [9.17, 15) is 9.90 Å². The predicted molar refractivity (Wildman–Crippen MR) is 49.2 cm³/mol. The van der Waals surface area contributed by atoms with Crippen LogP contribution < -0.4 is 5.73 Å². The normalized spacial score (nSPS) is 12.4. The average Bonchev–Trinajstić information content (AvgIpc) is 2.14. The van der Waals surface area contributed by atoms with Gasteiger partial charge < -0.3 is 25.8 Å². The molecule has 0 spiro atoms. The van der Waals surface area contributed by atoms with Gasteiger partial charge in [0.2, 0.25) is 0 Å². The standard InChI is InChI=1S/C9H11NO4/c10-6(4-11)1-5-2-8(13)9(14)3-7(5)12/h2-4,6,12-14H,1,10H2. The third kappa shape index (κ3) is 2.14. The van der Waals surface area contributed by atoms with Gasteiger partial charge in [-0.3, -0.25) is 0 Å². The van der Waals surface area contributed by atoms with Crippen molar-refractivity contribution in [2.45, 2.75) is 12.5 Å². The maximum atomic E-state index is 10.3. The van der Waals surface area contributed by atoms with E-state index in [0.29, 0.717) is 11.8 Å². The molecule has 0 saturated heterocycles. The Hall–Kier alpha value is -1.75. The van der Waals surface area contributed by atoms with Gasteiger partial charge in [0.1, 0.15) is 12.0 Å². The van der Waals surface area contributed by atoms with Crippen molar-refractivity contribution in [2.75, 3.05) is 0 Å². The number of carbonyl (C=O) groups is 1. The molecule has 5 heteroatoms. The summed E-state index contributed by atoms with van der Waals surface area (Å²) in [5.41, 5.74) is 5.66. The Kier molecular flexibility index (Phi) is 2.93. The first-order valence-corrected chi connectivity index (χ1v) is 3.99. The lowest BCUT2D eigenvalue weighted by atomic mass is 10.1. The smallest absolute Gasteiger partial charge is 0.161 e. The topological polar surface area (TPSA) is 104 Å². The third-order valence-corrected chi connectivity index (χ3v) is 1.81. The molecule has 5 N–H and O–H groups in total. The minimum Gasteiger partial charge on any atom is -0.508 e. The van der Waals surface area contributed by atoms with Gasteiger partial charge in [0.15, 0.2) is 11.5 Å². The molecule has 0 heterocycles. The lowest BCUT2D eigenvalue weighted by Crippen LogP contribution is -2.24. The molecule has 5 nitrogen and oxygen atoms in total. The first-order valence-electron chi connectivity index (χ1n) is 3.99. The molecule has 0 radical (unpaired) electrons. The van der Waals surface area contributed by atoms with Crippen LogP contribution >= 0.6 is 0 Å². The van der Waals surface area contributed by atoms with Crippen molar-refractivity contribution in [1.82, 2.24) is 0 Å². The van der Waals surface area contributed by atoms with Crippen molar-refractivity contribution in [2.24, 2.45) is 5.73 Å². The molecule has 0 aliphatic rings. The van der Waals surface area contributed by atoms with Crippen LogP contribution in [-0.4, -0.2) is 27.6 Å². The van der Waals surface area contributed by atoms with E-state index in [2.05, 4.69) is 0 Å². The van der Waals surface area contributed by atoms with E-state index in [1.807, 2.05) is 0 Å². The van der Waals surface area contributed by atoms with Gasteiger partial charge in [-0.2, -0.15) is 0 Å². The molecule has 0 aliphatic heterocycles. The van der Waals surface area contributed by atoms with Crippen LogP contribution in [-0.2, 0) is 11.2 Å². The minimum absolute atomic E-state index is 0.114. The van der Waals surface area contributed by atoms with E-state index in [1.165, 1.54) is 6.07 Å². The Balaban J connectivity index is 2.97. The molecular weight excluding hydrogens is 186 g/mol. The number of rotatable bonds is 3. The zero-order valence-electron chi connectivity index (χ0n) is 7.34. The number of benzene rings is 1. The first-order chi connectivity index (χ1) is 6.54. The number of carbonyl (C=O) groups excluding carboxylic acids is 1. The van der Waals surface area contributed by atoms with Gasteiger partial charge in [-0.1, -0.05) is 0 Å². The van der Waals surface area contributed by atoms with Gasteiger partial charge >= 0.3 is 0 Å². The van der Waals surface area contributed by atoms with Gasteiger partial charge in [-0.05, 0) is 18.1 Å². The Labute approximate surface area is 80.4 Å². The zero-order chi connectivity index (χ0) is 10.7. The van der Waals surface area contributed by atoms with Crippen LogP contribution in [0.1, 0.15) is 5.56 Å². The Morgan fingerprint density at radius 1 is 1.21 bits per heavy atom. The highest BCUT2D eigenvalue weighted by Gasteiger charge is 2.10. The molecule has 0 saturated carbocycles. The molecule has 0 bridgehead atoms. The minimum atomic E-state index is -0.732. The van der Waals surface area contributed by atoms with Crippen LogP contribution in [0.4, 0.5) is 0 Å². The van der Waals surface area contributed by atoms with Crippen LogP contribution in [0.2, 0.25) is 0 Å². The van der Waals surface area contributed by atoms with E-state index in [1.54, 1.807) is 0 Å². The van der Waals surface area contributed by atoms with Crippen molar-refractivity contribution in [1.29, 1.82) is 0 Å². The molecule has 0 aromatic heterocycles. The third-order valence-electron chi connectivity index (χ3n) is 1.81. The second-order valence-corrected chi connectivity index (χ2v) is 2.97. The molecule has 1 unspecified atom stereocenters. The molecule has 0 fully saturated rings. The summed E-state index contributed by atoms with van der Waals surface area (Å²) in [5.74, 6) is -0.959. The molecule has 0 aliphatic carbocycles. The van der Waals surface area contributed by atoms with Gasteiger partial charge in [0.25, 0.3) is 0 Å². The summed E-state index contributed by atoms with van der Waals surface area (Å²) in [6.45, 7) is 0. The van der Waals surface area contributed by atoms with E-state index < -0.39 is 11.8 Å². The summed E-state index contributed by atoms with van der Waals surface area (Å²) >= 11 is 0. The van der Waals surface area contributed by atoms with Crippen molar-refractivity contribution in [3.63, 3.8) is 0 Å². The highest BCUT2D eigenvalue weighted by molar-refractivity contribution is 5.59. The summed E-state index contributed by atoms with van der Waals surface area (Å²) in [4.78, 5) is 10.3. The Morgan fingerprint density at radius 3 is 2.36 bits per heavy atom. The van der Waals surface area contributed by atoms with Crippen LogP contribution in [0, 0.1) is 0 Å². The Morgan fingerprint density at radius 2 is 1.79 bits per heavy atom. The number of hydrogen-bond donors (Lipinski definition) is 4. The molecule has 76 valence electrons. The molecule has 14 heavy (non-hydrogen) atoms. The SMILES string of the molecule is NC(C=O)Cc1cc(O)c(O)cc1O. The van der Waals surface area contributed by atoms with Gasteiger partial charge in [0.05, 0.1) is 6.04 Å². The summed E-state index contributed by atoms with van der Waals surface area (Å²) in [7, 11) is 0. The largest absolute Gasteiger partial charge is 0.508 e. The van der Waals surface area contributed by atoms with Crippen molar-refractivity contribution >= 4 is 6.29 Å². The van der Waals surface area contributed by atoms with E-state index in [-0.39, 0.29) is 17.9 Å². The maximum Gasteiger partial charge on any atom is 0.161 e. The van der Waals surface area contributed by atoms with E-state index >= 15 is 0 Å². The molecule has 1 aromatic carbocycles. The van der Waals surface area contributed by atoms with Gasteiger partial charge in [-0.15, -0.1) is 0 Å². The Bertz CT molecular complexity index is 351. The van der Waals surface area contributed by atoms with Crippen LogP contribution in [0.5, 0.6) is 17.2 Å². The van der Waals surface area contributed by atoms with Gasteiger partial charge in [-0.25, -0.2) is 0 Å². The number of aldehydes is 1. The fourth-order valence-electron chi connectivity index (χ4n) is 1.07. The highest BCUT2D eigenvalue weighted by Crippen LogP contribution is 2.32. The molecular formula is C9H11NO4. The quantitative estimate of drug-likeness (QED) is 0.307. The second kappa shape index (κ2) is 3.97. The summed E-state index contributed by atoms with van der Waals surface area (Å²) in [6, 6.07) is 1.45. The zero-order valence-corrected chi connectivity index (χ0v) is 7.34. The van der Waals surface area contributed by atoms with E-state index in [0.717, 1.165) is 6.07 Å². The molecule has 1 aromatic rings. The van der Waals surface area contributed by atoms with Crippen molar-refractivity contribution in [3.8, 4) is 17.2 Å². The van der Waals surface area contributed by atoms with Crippen LogP contribution in [0.15, 0.2) is 12.1 Å². The van der Waals surface area contributed by atoms with Crippen LogP contribution in [0.25, 0.3) is 0 Å².